The molecular formula is C13H21NS2. The van der Waals surface area contributed by atoms with Gasteiger partial charge in [0.25, 0.3) is 0 Å². The van der Waals surface area contributed by atoms with Crippen LogP contribution in [-0.4, -0.2) is 18.3 Å². The Morgan fingerprint density at radius 2 is 2.44 bits per heavy atom. The van der Waals surface area contributed by atoms with E-state index in [2.05, 4.69) is 29.1 Å². The van der Waals surface area contributed by atoms with Gasteiger partial charge in [0.1, 0.15) is 0 Å². The fraction of sp³-hybridized carbons (Fsp3) is 0.692. The van der Waals surface area contributed by atoms with E-state index >= 15 is 0 Å². The predicted octanol–water partition coefficient (Wildman–Crippen LogP) is 3.76. The minimum atomic E-state index is 0.803. The summed E-state index contributed by atoms with van der Waals surface area (Å²) in [6.45, 7) is 3.54. The Labute approximate surface area is 107 Å². The summed E-state index contributed by atoms with van der Waals surface area (Å²) >= 11 is 3.83. The van der Waals surface area contributed by atoms with E-state index < -0.39 is 0 Å². The van der Waals surface area contributed by atoms with Gasteiger partial charge in [0.05, 0.1) is 0 Å². The second kappa shape index (κ2) is 6.67. The highest BCUT2D eigenvalue weighted by Crippen LogP contribution is 2.24. The first-order chi connectivity index (χ1) is 7.84. The molecule has 1 N–H and O–H groups in total. The molecule has 1 nitrogen and oxygen atoms in total. The quantitative estimate of drug-likeness (QED) is 0.777. The third-order valence-electron chi connectivity index (χ3n) is 3.22. The van der Waals surface area contributed by atoms with Crippen molar-refractivity contribution in [2.75, 3.05) is 12.3 Å². The molecule has 1 saturated carbocycles. The lowest BCUT2D eigenvalue weighted by atomic mass is 10.1. The first kappa shape index (κ1) is 12.5. The lowest BCUT2D eigenvalue weighted by Crippen LogP contribution is -2.28. The van der Waals surface area contributed by atoms with Gasteiger partial charge in [-0.25, -0.2) is 0 Å². The van der Waals surface area contributed by atoms with Crippen LogP contribution in [0.15, 0.2) is 16.8 Å². The number of thioether (sulfide) groups is 1. The minimum Gasteiger partial charge on any atom is -0.313 e. The predicted molar refractivity (Wildman–Crippen MR) is 75.3 cm³/mol. The fourth-order valence-electron chi connectivity index (χ4n) is 2.29. The van der Waals surface area contributed by atoms with Crippen LogP contribution in [-0.2, 0) is 5.75 Å². The summed E-state index contributed by atoms with van der Waals surface area (Å²) in [5, 5.41) is 8.08. The Kier molecular flexibility index (Phi) is 5.20. The molecule has 1 aliphatic carbocycles. The highest BCUT2D eigenvalue weighted by molar-refractivity contribution is 7.98. The third-order valence-corrected chi connectivity index (χ3v) is 4.99. The smallest absolute Gasteiger partial charge is 0.0193 e. The van der Waals surface area contributed by atoms with E-state index in [0.717, 1.165) is 12.0 Å². The average molecular weight is 255 g/mol. The molecule has 2 atom stereocenters. The summed E-state index contributed by atoms with van der Waals surface area (Å²) in [6, 6.07) is 3.03. The zero-order valence-electron chi connectivity index (χ0n) is 9.95. The molecule has 1 aliphatic rings. The third kappa shape index (κ3) is 4.11. The topological polar surface area (TPSA) is 12.0 Å². The summed E-state index contributed by atoms with van der Waals surface area (Å²) < 4.78 is 0. The molecule has 2 unspecified atom stereocenters. The van der Waals surface area contributed by atoms with E-state index in [1.54, 1.807) is 11.3 Å². The van der Waals surface area contributed by atoms with Crippen LogP contribution in [0.3, 0.4) is 0 Å². The molecule has 0 radical (unpaired) electrons. The van der Waals surface area contributed by atoms with Crippen LogP contribution < -0.4 is 5.32 Å². The van der Waals surface area contributed by atoms with Gasteiger partial charge in [0, 0.05) is 24.1 Å². The van der Waals surface area contributed by atoms with Crippen LogP contribution in [0.2, 0.25) is 0 Å². The normalized spacial score (nSPS) is 25.1. The number of hydrogen-bond acceptors (Lipinski definition) is 3. The molecule has 0 spiro atoms. The maximum atomic E-state index is 3.67. The van der Waals surface area contributed by atoms with E-state index in [4.69, 9.17) is 0 Å². The van der Waals surface area contributed by atoms with E-state index in [-0.39, 0.29) is 0 Å². The number of nitrogens with one attached hydrogen (secondary N) is 1. The van der Waals surface area contributed by atoms with E-state index in [1.165, 1.54) is 42.9 Å². The Hall–Kier alpha value is 0.01000. The standard InChI is InChI=1S/C13H21NS2/c1-11-2-3-13(8-11)14-5-7-16-10-12-4-6-15-9-12/h4,6,9,11,13-14H,2-3,5,7-8,10H2,1H3. The molecule has 90 valence electrons. The van der Waals surface area contributed by atoms with Crippen molar-refractivity contribution in [1.82, 2.24) is 5.32 Å². The first-order valence-corrected chi connectivity index (χ1v) is 8.26. The molecule has 0 amide bonds. The van der Waals surface area contributed by atoms with Gasteiger partial charge in [-0.1, -0.05) is 6.92 Å². The monoisotopic (exact) mass is 255 g/mol. The van der Waals surface area contributed by atoms with Crippen molar-refractivity contribution in [2.24, 2.45) is 5.92 Å². The van der Waals surface area contributed by atoms with E-state index in [0.29, 0.717) is 0 Å². The molecule has 3 heteroatoms. The summed E-state index contributed by atoms with van der Waals surface area (Å²) in [6.07, 6.45) is 4.19. The average Bonchev–Trinajstić information content (AvgIpc) is 2.89. The van der Waals surface area contributed by atoms with Crippen molar-refractivity contribution in [1.29, 1.82) is 0 Å². The van der Waals surface area contributed by atoms with Gasteiger partial charge in [-0.15, -0.1) is 0 Å². The van der Waals surface area contributed by atoms with Gasteiger partial charge >= 0.3 is 0 Å². The van der Waals surface area contributed by atoms with Crippen molar-refractivity contribution in [3.63, 3.8) is 0 Å². The molecule has 0 bridgehead atoms. The van der Waals surface area contributed by atoms with Gasteiger partial charge < -0.3 is 5.32 Å². The summed E-state index contributed by atoms with van der Waals surface area (Å²) in [7, 11) is 0. The lowest BCUT2D eigenvalue weighted by molar-refractivity contribution is 0.518. The Morgan fingerprint density at radius 1 is 1.50 bits per heavy atom. The second-order valence-electron chi connectivity index (χ2n) is 4.75. The Bertz CT molecular complexity index is 284. The Morgan fingerprint density at radius 3 is 3.12 bits per heavy atom. The number of rotatable bonds is 6. The molecule has 2 rings (SSSR count). The number of hydrogen-bond donors (Lipinski definition) is 1. The van der Waals surface area contributed by atoms with Crippen LogP contribution in [0.25, 0.3) is 0 Å². The second-order valence-corrected chi connectivity index (χ2v) is 6.64. The van der Waals surface area contributed by atoms with Crippen molar-refractivity contribution in [3.8, 4) is 0 Å². The first-order valence-electron chi connectivity index (χ1n) is 6.17. The van der Waals surface area contributed by atoms with Gasteiger partial charge in [0.15, 0.2) is 0 Å². The van der Waals surface area contributed by atoms with Crippen LogP contribution in [0.1, 0.15) is 31.7 Å². The van der Waals surface area contributed by atoms with Gasteiger partial charge in [-0.2, -0.15) is 23.1 Å². The fourth-order valence-corrected chi connectivity index (χ4v) is 3.89. The van der Waals surface area contributed by atoms with Gasteiger partial charge in [-0.3, -0.25) is 0 Å². The Balaban J connectivity index is 1.49. The van der Waals surface area contributed by atoms with E-state index in [9.17, 15) is 0 Å². The maximum Gasteiger partial charge on any atom is 0.0193 e. The van der Waals surface area contributed by atoms with Crippen molar-refractivity contribution in [3.05, 3.63) is 22.4 Å². The largest absolute Gasteiger partial charge is 0.313 e. The van der Waals surface area contributed by atoms with Crippen molar-refractivity contribution in [2.45, 2.75) is 38.0 Å². The van der Waals surface area contributed by atoms with Gasteiger partial charge in [0.2, 0.25) is 0 Å². The summed E-state index contributed by atoms with van der Waals surface area (Å²) in [5.41, 5.74) is 1.48. The summed E-state index contributed by atoms with van der Waals surface area (Å²) in [5.74, 6) is 3.35. The zero-order chi connectivity index (χ0) is 11.2. The van der Waals surface area contributed by atoms with Gasteiger partial charge in [-0.05, 0) is 47.6 Å². The minimum absolute atomic E-state index is 0.803. The molecule has 1 aromatic heterocycles. The molecule has 0 aromatic carbocycles. The highest BCUT2D eigenvalue weighted by atomic mass is 32.2. The molecule has 1 heterocycles. The van der Waals surface area contributed by atoms with Crippen LogP contribution >= 0.6 is 23.1 Å². The molecule has 1 aromatic rings. The maximum absolute atomic E-state index is 3.67. The molecular weight excluding hydrogens is 234 g/mol. The number of thiophene rings is 1. The van der Waals surface area contributed by atoms with Crippen molar-refractivity contribution >= 4 is 23.1 Å². The highest BCUT2D eigenvalue weighted by Gasteiger charge is 2.19. The SMILES string of the molecule is CC1CCC(NCCSCc2ccsc2)C1. The van der Waals surface area contributed by atoms with Crippen molar-refractivity contribution < 1.29 is 0 Å². The molecule has 0 aliphatic heterocycles. The van der Waals surface area contributed by atoms with Crippen LogP contribution in [0, 0.1) is 5.92 Å². The zero-order valence-corrected chi connectivity index (χ0v) is 11.6. The molecule has 16 heavy (non-hydrogen) atoms. The molecule has 1 fully saturated rings. The van der Waals surface area contributed by atoms with Crippen LogP contribution in [0.5, 0.6) is 0 Å². The lowest BCUT2D eigenvalue weighted by Gasteiger charge is -2.11. The van der Waals surface area contributed by atoms with Crippen LogP contribution in [0.4, 0.5) is 0 Å². The summed E-state index contributed by atoms with van der Waals surface area (Å²) in [4.78, 5) is 0. The molecule has 0 saturated heterocycles. The van der Waals surface area contributed by atoms with E-state index in [1.807, 2.05) is 11.8 Å².